The van der Waals surface area contributed by atoms with Crippen molar-refractivity contribution in [3.8, 4) is 0 Å². The Balaban J connectivity index is -0.000000152. The molecule has 1 N–H and O–H groups in total. The second kappa shape index (κ2) is 13.8. The minimum Gasteiger partial charge on any atom is -0.305 e. The highest BCUT2D eigenvalue weighted by Crippen LogP contribution is 2.02. The molecule has 16 heavy (non-hydrogen) atoms. The van der Waals surface area contributed by atoms with Crippen LogP contribution in [-0.2, 0) is 4.79 Å². The van der Waals surface area contributed by atoms with Gasteiger partial charge in [-0.3, -0.25) is 4.79 Å². The summed E-state index contributed by atoms with van der Waals surface area (Å²) in [5.41, 5.74) is 1.05. The van der Waals surface area contributed by atoms with Gasteiger partial charge in [-0.1, -0.05) is 48.1 Å². The van der Waals surface area contributed by atoms with Crippen molar-refractivity contribution in [2.75, 3.05) is 0 Å². The van der Waals surface area contributed by atoms with Gasteiger partial charge in [0.2, 0.25) is 0 Å². The normalized spacial score (nSPS) is 9.38. The summed E-state index contributed by atoms with van der Waals surface area (Å²) in [6, 6.07) is 0. The van der Waals surface area contributed by atoms with Crippen molar-refractivity contribution in [1.29, 1.82) is 5.41 Å². The highest BCUT2D eigenvalue weighted by molar-refractivity contribution is 6.08. The zero-order valence-corrected chi connectivity index (χ0v) is 11.8. The molecule has 0 aliphatic heterocycles. The van der Waals surface area contributed by atoms with Crippen molar-refractivity contribution < 1.29 is 6.22 Å². The average molecular weight is 227 g/mol. The molecule has 0 amide bonds. The molecule has 0 heterocycles. The van der Waals surface area contributed by atoms with Gasteiger partial charge in [-0.2, -0.15) is 0 Å². The molecule has 0 atom stereocenters. The molecule has 0 aliphatic rings. The van der Waals surface area contributed by atoms with Gasteiger partial charge in [0.1, 0.15) is 0 Å². The van der Waals surface area contributed by atoms with Gasteiger partial charge in [0.05, 0.1) is 0 Å². The first kappa shape index (κ1) is 20.3. The highest BCUT2D eigenvalue weighted by atomic mass is 16.1. The zero-order valence-electron chi connectivity index (χ0n) is 11.8. The number of nitrogens with one attached hydrogen (secondary N) is 1. The van der Waals surface area contributed by atoms with E-state index in [0.29, 0.717) is 11.3 Å². The summed E-state index contributed by atoms with van der Waals surface area (Å²) < 4.78 is 0. The largest absolute Gasteiger partial charge is 0.305 e. The zero-order chi connectivity index (χ0) is 13.7. The van der Waals surface area contributed by atoms with Crippen LogP contribution in [-0.4, -0.2) is 11.5 Å². The molecule has 0 fully saturated rings. The third-order valence-electron chi connectivity index (χ3n) is 1.57. The van der Waals surface area contributed by atoms with Crippen LogP contribution in [0.5, 0.6) is 0 Å². The van der Waals surface area contributed by atoms with E-state index in [0.717, 1.165) is 0 Å². The van der Waals surface area contributed by atoms with Gasteiger partial charge in [0.15, 0.2) is 5.78 Å². The number of allylic oxidation sites excluding steroid dienone is 3. The van der Waals surface area contributed by atoms with Crippen molar-refractivity contribution in [2.24, 2.45) is 5.92 Å². The van der Waals surface area contributed by atoms with Gasteiger partial charge in [0.25, 0.3) is 0 Å². The molecule has 0 spiro atoms. The Bertz CT molecular complexity index is 243. The van der Waals surface area contributed by atoms with Crippen molar-refractivity contribution >= 4 is 11.5 Å². The molecule has 96 valence electrons. The SMILES string of the molecule is C=CC(=O)/C(C)=C/C(=N)C(C)C.CC.CC.[HH]. The van der Waals surface area contributed by atoms with Crippen LogP contribution in [0.4, 0.5) is 0 Å². The molecule has 0 saturated heterocycles. The lowest BCUT2D eigenvalue weighted by Crippen LogP contribution is -2.05. The molecule has 0 saturated carbocycles. The molecule has 2 heteroatoms. The predicted molar refractivity (Wildman–Crippen MR) is 76.3 cm³/mol. The first-order chi connectivity index (χ1) is 7.49. The summed E-state index contributed by atoms with van der Waals surface area (Å²) in [6.45, 7) is 16.9. The summed E-state index contributed by atoms with van der Waals surface area (Å²) in [5, 5.41) is 7.48. The quantitative estimate of drug-likeness (QED) is 0.550. The van der Waals surface area contributed by atoms with Crippen LogP contribution < -0.4 is 0 Å². The monoisotopic (exact) mass is 227 g/mol. The molecule has 0 rings (SSSR count). The van der Waals surface area contributed by atoms with Gasteiger partial charge in [-0.05, 0) is 30.6 Å². The Kier molecular flexibility index (Phi) is 17.5. The van der Waals surface area contributed by atoms with Crippen LogP contribution in [0.25, 0.3) is 0 Å². The Morgan fingerprint density at radius 2 is 1.62 bits per heavy atom. The summed E-state index contributed by atoms with van der Waals surface area (Å²) in [4.78, 5) is 11.0. The second-order valence-electron chi connectivity index (χ2n) is 3.01. The Labute approximate surface area is 102 Å². The number of carbonyl (C=O) groups is 1. The van der Waals surface area contributed by atoms with E-state index in [2.05, 4.69) is 6.58 Å². The topological polar surface area (TPSA) is 40.9 Å². The first-order valence-corrected chi connectivity index (χ1v) is 5.92. The number of ketones is 1. The molecule has 0 aromatic heterocycles. The maximum Gasteiger partial charge on any atom is 0.181 e. The van der Waals surface area contributed by atoms with Gasteiger partial charge in [-0.15, -0.1) is 0 Å². The molecule has 0 aromatic carbocycles. The van der Waals surface area contributed by atoms with E-state index in [1.807, 2.05) is 41.5 Å². The van der Waals surface area contributed by atoms with Crippen LogP contribution in [0.15, 0.2) is 24.3 Å². The fourth-order valence-electron chi connectivity index (χ4n) is 0.632. The van der Waals surface area contributed by atoms with Gasteiger partial charge < -0.3 is 5.41 Å². The third kappa shape index (κ3) is 10.9. The van der Waals surface area contributed by atoms with Crippen LogP contribution in [0.2, 0.25) is 0 Å². The second-order valence-corrected chi connectivity index (χ2v) is 3.01. The predicted octanol–water partition coefficient (Wildman–Crippen LogP) is 4.66. The molecule has 0 aromatic rings. The molecule has 0 aliphatic carbocycles. The van der Waals surface area contributed by atoms with E-state index < -0.39 is 0 Å². The number of hydrogen-bond donors (Lipinski definition) is 1. The maximum absolute atomic E-state index is 11.0. The van der Waals surface area contributed by atoms with Gasteiger partial charge >= 0.3 is 0 Å². The standard InChI is InChI=1S/C10H15NO.2C2H6.H2/c1-5-10(12)8(4)6-9(11)7(2)3;2*1-2;/h5-7,11H,1H2,2-4H3;2*1-2H3;1H/b8-6+,11-9?;;;. The van der Waals surface area contributed by atoms with E-state index in [1.165, 1.54) is 6.08 Å². The number of hydrogen-bond acceptors (Lipinski definition) is 2. The Morgan fingerprint density at radius 1 is 1.25 bits per heavy atom. The van der Waals surface area contributed by atoms with Crippen LogP contribution >= 0.6 is 0 Å². The molecule has 0 radical (unpaired) electrons. The van der Waals surface area contributed by atoms with Crippen molar-refractivity contribution in [1.82, 2.24) is 0 Å². The fraction of sp³-hybridized carbons (Fsp3) is 0.571. The van der Waals surface area contributed by atoms with Crippen LogP contribution in [0, 0.1) is 11.3 Å². The van der Waals surface area contributed by atoms with E-state index in [1.54, 1.807) is 13.0 Å². The number of rotatable bonds is 4. The van der Waals surface area contributed by atoms with E-state index in [4.69, 9.17) is 5.41 Å². The summed E-state index contributed by atoms with van der Waals surface area (Å²) in [6.07, 6.45) is 2.86. The summed E-state index contributed by atoms with van der Waals surface area (Å²) in [5.74, 6) is 0.0537. The van der Waals surface area contributed by atoms with E-state index in [-0.39, 0.29) is 13.1 Å². The molecule has 0 unspecified atom stereocenters. The lowest BCUT2D eigenvalue weighted by Gasteiger charge is -2.02. The summed E-state index contributed by atoms with van der Waals surface area (Å²) >= 11 is 0. The third-order valence-corrected chi connectivity index (χ3v) is 1.57. The van der Waals surface area contributed by atoms with Gasteiger partial charge in [-0.25, -0.2) is 0 Å². The Morgan fingerprint density at radius 3 is 1.88 bits per heavy atom. The molecule has 0 bridgehead atoms. The minimum absolute atomic E-state index is 0. The smallest absolute Gasteiger partial charge is 0.181 e. The minimum atomic E-state index is -0.111. The first-order valence-electron chi connectivity index (χ1n) is 5.92. The van der Waals surface area contributed by atoms with Crippen molar-refractivity contribution in [3.05, 3.63) is 24.3 Å². The van der Waals surface area contributed by atoms with Gasteiger partial charge in [0, 0.05) is 7.14 Å². The van der Waals surface area contributed by atoms with Crippen molar-refractivity contribution in [2.45, 2.75) is 48.5 Å². The van der Waals surface area contributed by atoms with Crippen LogP contribution in [0.3, 0.4) is 0 Å². The average Bonchev–Trinajstić information content (AvgIpc) is 2.32. The van der Waals surface area contributed by atoms with E-state index >= 15 is 0 Å². The maximum atomic E-state index is 11.0. The summed E-state index contributed by atoms with van der Waals surface area (Å²) in [7, 11) is 0. The van der Waals surface area contributed by atoms with Crippen LogP contribution in [0.1, 0.15) is 49.9 Å². The molecular formula is C14H29NO. The Hall–Kier alpha value is -1.18. The highest BCUT2D eigenvalue weighted by Gasteiger charge is 2.02. The molecular weight excluding hydrogens is 198 g/mol. The fourth-order valence-corrected chi connectivity index (χ4v) is 0.632. The van der Waals surface area contributed by atoms with Crippen molar-refractivity contribution in [3.63, 3.8) is 0 Å². The molecule has 2 nitrogen and oxygen atoms in total. The van der Waals surface area contributed by atoms with E-state index in [9.17, 15) is 4.79 Å². The number of carbonyl (C=O) groups excluding carboxylic acids is 1. The lowest BCUT2D eigenvalue weighted by molar-refractivity contribution is -0.111. The lowest BCUT2D eigenvalue weighted by atomic mass is 10.0.